The summed E-state index contributed by atoms with van der Waals surface area (Å²) >= 11 is 0. The molecule has 1 atom stereocenters. The highest BCUT2D eigenvalue weighted by atomic mass is 16.3. The molecule has 3 rings (SSSR count). The molecule has 1 saturated heterocycles. The molecule has 134 valence electrons. The largest absolute Gasteiger partial charge is 0.381 e. The van der Waals surface area contributed by atoms with Crippen LogP contribution in [0, 0.1) is 5.92 Å². The predicted molar refractivity (Wildman–Crippen MR) is 97.1 cm³/mol. The Labute approximate surface area is 149 Å². The van der Waals surface area contributed by atoms with Gasteiger partial charge in [0, 0.05) is 19.2 Å². The van der Waals surface area contributed by atoms with Crippen LogP contribution in [-0.2, 0) is 23.9 Å². The highest BCUT2D eigenvalue weighted by molar-refractivity contribution is 5.80. The number of hydrogen-bond donors (Lipinski definition) is 1. The minimum Gasteiger partial charge on any atom is -0.381 e. The van der Waals surface area contributed by atoms with Crippen LogP contribution in [0.25, 0.3) is 0 Å². The molecule has 1 aromatic heterocycles. The van der Waals surface area contributed by atoms with Crippen molar-refractivity contribution in [2.75, 3.05) is 13.1 Å². The van der Waals surface area contributed by atoms with Crippen LogP contribution in [0.4, 0.5) is 0 Å². The number of rotatable bonds is 5. The lowest BCUT2D eigenvalue weighted by atomic mass is 9.84. The molecule has 1 amide bonds. The first kappa shape index (κ1) is 17.7. The number of carbonyl (C=O) groups is 1. The maximum absolute atomic E-state index is 12.6. The van der Waals surface area contributed by atoms with Crippen LogP contribution in [0.15, 0.2) is 36.7 Å². The molecule has 0 radical (unpaired) electrons. The highest BCUT2D eigenvalue weighted by Crippen LogP contribution is 2.33. The lowest BCUT2D eigenvalue weighted by molar-refractivity contribution is -0.160. The van der Waals surface area contributed by atoms with Crippen LogP contribution in [0.5, 0.6) is 0 Å². The standard InChI is InChI=1S/C20H27N3O2/c1-14(2)17-5-7-18(8-6-17)20(25)12-23(13-20)19(24)15(3)9-16-10-21-22(4)11-16/h5-8,10-11,14-15,25H,9,12-13H2,1-4H3. The first-order chi connectivity index (χ1) is 11.8. The first-order valence-electron chi connectivity index (χ1n) is 8.87. The Morgan fingerprint density at radius 2 is 1.88 bits per heavy atom. The second-order valence-electron chi connectivity index (χ2n) is 7.63. The zero-order valence-electron chi connectivity index (χ0n) is 15.4. The Hall–Kier alpha value is -2.14. The van der Waals surface area contributed by atoms with Gasteiger partial charge in [-0.05, 0) is 29.0 Å². The summed E-state index contributed by atoms with van der Waals surface area (Å²) in [6, 6.07) is 8.09. The summed E-state index contributed by atoms with van der Waals surface area (Å²) in [4.78, 5) is 14.3. The summed E-state index contributed by atoms with van der Waals surface area (Å²) in [5, 5.41) is 14.9. The third-order valence-electron chi connectivity index (χ3n) is 5.05. The summed E-state index contributed by atoms with van der Waals surface area (Å²) in [5.74, 6) is 0.445. The molecule has 0 spiro atoms. The fraction of sp³-hybridized carbons (Fsp3) is 0.500. The van der Waals surface area contributed by atoms with E-state index in [-0.39, 0.29) is 11.8 Å². The Morgan fingerprint density at radius 1 is 1.24 bits per heavy atom. The Kier molecular flexibility index (Phi) is 4.69. The fourth-order valence-electron chi connectivity index (χ4n) is 3.43. The molecule has 1 N–H and O–H groups in total. The van der Waals surface area contributed by atoms with Crippen LogP contribution < -0.4 is 0 Å². The van der Waals surface area contributed by atoms with Crippen molar-refractivity contribution in [2.45, 2.75) is 38.7 Å². The van der Waals surface area contributed by atoms with Gasteiger partial charge in [-0.1, -0.05) is 45.0 Å². The van der Waals surface area contributed by atoms with E-state index in [1.807, 2.05) is 32.3 Å². The van der Waals surface area contributed by atoms with Crippen molar-refractivity contribution in [1.29, 1.82) is 0 Å². The quantitative estimate of drug-likeness (QED) is 0.909. The van der Waals surface area contributed by atoms with Gasteiger partial charge in [-0.15, -0.1) is 0 Å². The molecule has 25 heavy (non-hydrogen) atoms. The topological polar surface area (TPSA) is 58.4 Å². The predicted octanol–water partition coefficient (Wildman–Crippen LogP) is 2.45. The summed E-state index contributed by atoms with van der Waals surface area (Å²) < 4.78 is 1.75. The molecule has 1 unspecified atom stereocenters. The zero-order valence-corrected chi connectivity index (χ0v) is 15.4. The number of carbonyl (C=O) groups excluding carboxylic acids is 1. The van der Waals surface area contributed by atoms with E-state index in [0.29, 0.717) is 25.4 Å². The third-order valence-corrected chi connectivity index (χ3v) is 5.05. The van der Waals surface area contributed by atoms with E-state index in [1.165, 1.54) is 5.56 Å². The molecule has 5 nitrogen and oxygen atoms in total. The van der Waals surface area contributed by atoms with Gasteiger partial charge in [0.2, 0.25) is 5.91 Å². The number of hydrogen-bond acceptors (Lipinski definition) is 3. The number of nitrogens with zero attached hydrogens (tertiary/aromatic N) is 3. The number of β-amino-alcohol motifs (C(OH)–C–C–N with tert-alkyl or cyclic N) is 1. The molecule has 1 aliphatic heterocycles. The molecule has 0 bridgehead atoms. The van der Waals surface area contributed by atoms with Gasteiger partial charge in [-0.2, -0.15) is 5.10 Å². The maximum atomic E-state index is 12.6. The zero-order chi connectivity index (χ0) is 18.2. The number of aliphatic hydroxyl groups is 1. The Morgan fingerprint density at radius 3 is 2.40 bits per heavy atom. The minimum atomic E-state index is -0.917. The van der Waals surface area contributed by atoms with E-state index in [1.54, 1.807) is 15.8 Å². The minimum absolute atomic E-state index is 0.0901. The van der Waals surface area contributed by atoms with Crippen LogP contribution in [0.2, 0.25) is 0 Å². The van der Waals surface area contributed by atoms with E-state index in [9.17, 15) is 9.90 Å². The van der Waals surface area contributed by atoms with Crippen LogP contribution in [0.3, 0.4) is 0 Å². The maximum Gasteiger partial charge on any atom is 0.225 e. The molecule has 1 fully saturated rings. The molecular formula is C20H27N3O2. The number of aromatic nitrogens is 2. The average molecular weight is 341 g/mol. The van der Waals surface area contributed by atoms with Gasteiger partial charge in [0.05, 0.1) is 19.3 Å². The Bertz CT molecular complexity index is 743. The van der Waals surface area contributed by atoms with E-state index < -0.39 is 5.60 Å². The SMILES string of the molecule is CC(Cc1cnn(C)c1)C(=O)N1CC(O)(c2ccc(C(C)C)cc2)C1. The van der Waals surface area contributed by atoms with Crippen LogP contribution in [-0.4, -0.2) is 38.8 Å². The molecule has 2 aromatic rings. The van der Waals surface area contributed by atoms with Crippen molar-refractivity contribution in [3.8, 4) is 0 Å². The normalized spacial score (nSPS) is 17.4. The number of aryl methyl sites for hydroxylation is 1. The van der Waals surface area contributed by atoms with Crippen LogP contribution in [0.1, 0.15) is 43.4 Å². The molecule has 1 aromatic carbocycles. The monoisotopic (exact) mass is 341 g/mol. The van der Waals surface area contributed by atoms with Gasteiger partial charge in [-0.25, -0.2) is 0 Å². The number of benzene rings is 1. The van der Waals surface area contributed by atoms with E-state index in [4.69, 9.17) is 0 Å². The van der Waals surface area contributed by atoms with Gasteiger partial charge in [0.15, 0.2) is 0 Å². The summed E-state index contributed by atoms with van der Waals surface area (Å²) in [7, 11) is 1.87. The van der Waals surface area contributed by atoms with Crippen molar-refractivity contribution in [1.82, 2.24) is 14.7 Å². The Balaban J connectivity index is 1.59. The summed E-state index contributed by atoms with van der Waals surface area (Å²) in [6.07, 6.45) is 4.41. The summed E-state index contributed by atoms with van der Waals surface area (Å²) in [5.41, 5.74) is 2.29. The first-order valence-corrected chi connectivity index (χ1v) is 8.87. The molecular weight excluding hydrogens is 314 g/mol. The van der Waals surface area contributed by atoms with Crippen molar-refractivity contribution in [2.24, 2.45) is 13.0 Å². The third kappa shape index (κ3) is 3.61. The van der Waals surface area contributed by atoms with Gasteiger partial charge in [0.1, 0.15) is 5.60 Å². The highest BCUT2D eigenvalue weighted by Gasteiger charge is 2.45. The molecule has 0 saturated carbocycles. The lowest BCUT2D eigenvalue weighted by Crippen LogP contribution is -2.62. The smallest absolute Gasteiger partial charge is 0.225 e. The molecule has 1 aliphatic rings. The van der Waals surface area contributed by atoms with Crippen molar-refractivity contribution in [3.63, 3.8) is 0 Å². The van der Waals surface area contributed by atoms with Crippen molar-refractivity contribution < 1.29 is 9.90 Å². The van der Waals surface area contributed by atoms with Gasteiger partial charge in [0.25, 0.3) is 0 Å². The van der Waals surface area contributed by atoms with Crippen molar-refractivity contribution in [3.05, 3.63) is 53.3 Å². The number of likely N-dealkylation sites (tertiary alicyclic amines) is 1. The molecule has 2 heterocycles. The van der Waals surface area contributed by atoms with E-state index in [2.05, 4.69) is 31.1 Å². The fourth-order valence-corrected chi connectivity index (χ4v) is 3.43. The second kappa shape index (κ2) is 6.64. The van der Waals surface area contributed by atoms with Crippen molar-refractivity contribution >= 4 is 5.91 Å². The number of amides is 1. The van der Waals surface area contributed by atoms with Gasteiger partial charge < -0.3 is 10.0 Å². The average Bonchev–Trinajstić information content (AvgIpc) is 2.96. The van der Waals surface area contributed by atoms with Gasteiger partial charge >= 0.3 is 0 Å². The summed E-state index contributed by atoms with van der Waals surface area (Å²) in [6.45, 7) is 6.97. The molecule has 0 aliphatic carbocycles. The lowest BCUT2D eigenvalue weighted by Gasteiger charge is -2.47. The second-order valence-corrected chi connectivity index (χ2v) is 7.63. The van der Waals surface area contributed by atoms with E-state index >= 15 is 0 Å². The van der Waals surface area contributed by atoms with E-state index in [0.717, 1.165) is 11.1 Å². The van der Waals surface area contributed by atoms with Gasteiger partial charge in [-0.3, -0.25) is 9.48 Å². The van der Waals surface area contributed by atoms with Crippen LogP contribution >= 0.6 is 0 Å². The molecule has 5 heteroatoms.